The van der Waals surface area contributed by atoms with E-state index in [-0.39, 0.29) is 11.3 Å². The fourth-order valence-corrected chi connectivity index (χ4v) is 5.75. The normalized spacial score (nSPS) is 18.0. The predicted octanol–water partition coefficient (Wildman–Crippen LogP) is 5.10. The van der Waals surface area contributed by atoms with Gasteiger partial charge in [0.05, 0.1) is 35.5 Å². The number of carbonyl (C=O) groups excluding carboxylic acids is 2. The Hall–Kier alpha value is -4.57. The zero-order valence-corrected chi connectivity index (χ0v) is 22.0. The molecule has 0 saturated carbocycles. The van der Waals surface area contributed by atoms with E-state index < -0.39 is 17.7 Å². The number of Topliss-reactive ketones (excluding diaryl/α,β-unsaturated/α-hetero) is 1. The largest absolute Gasteiger partial charge is 0.507 e. The standard InChI is InChI=1S/C29H24N2O7S/c1-3-36-18-7-4-16(5-8-18)25-24(26(32)17-6-11-21-22(14-17)38-13-12-37-21)27(33)28(34)31(25)29-30-20-10-9-19(35-2)15-23(20)39-29/h4-11,14-15,25,32H,3,12-13H2,1-2H3/b26-24+. The minimum Gasteiger partial charge on any atom is -0.507 e. The minimum atomic E-state index is -0.920. The van der Waals surface area contributed by atoms with Crippen molar-refractivity contribution in [2.24, 2.45) is 0 Å². The number of carbonyl (C=O) groups is 2. The number of rotatable bonds is 6. The van der Waals surface area contributed by atoms with Crippen molar-refractivity contribution in [1.82, 2.24) is 4.98 Å². The number of fused-ring (bicyclic) bond motifs is 2. The van der Waals surface area contributed by atoms with Gasteiger partial charge in [-0.15, -0.1) is 0 Å². The van der Waals surface area contributed by atoms with Gasteiger partial charge in [-0.25, -0.2) is 4.98 Å². The van der Waals surface area contributed by atoms with E-state index in [2.05, 4.69) is 4.98 Å². The number of amides is 1. The molecule has 1 aromatic heterocycles. The smallest absolute Gasteiger partial charge is 0.301 e. The van der Waals surface area contributed by atoms with Crippen molar-refractivity contribution in [3.63, 3.8) is 0 Å². The number of methoxy groups -OCH3 is 1. The Labute approximate surface area is 227 Å². The lowest BCUT2D eigenvalue weighted by Crippen LogP contribution is -2.29. The number of ether oxygens (including phenoxy) is 4. The van der Waals surface area contributed by atoms with E-state index in [0.717, 1.165) is 4.70 Å². The number of aromatic nitrogens is 1. The molecule has 1 unspecified atom stereocenters. The number of hydrogen-bond acceptors (Lipinski definition) is 9. The second-order valence-corrected chi connectivity index (χ2v) is 9.87. The quantitative estimate of drug-likeness (QED) is 0.203. The zero-order valence-electron chi connectivity index (χ0n) is 21.2. The SMILES string of the molecule is CCOc1ccc(C2/C(=C(\O)c3ccc4c(c3)OCCO4)C(=O)C(=O)N2c2nc3ccc(OC)cc3s2)cc1. The van der Waals surface area contributed by atoms with Crippen molar-refractivity contribution in [3.05, 3.63) is 77.4 Å². The first-order valence-corrected chi connectivity index (χ1v) is 13.2. The van der Waals surface area contributed by atoms with Crippen LogP contribution in [-0.4, -0.2) is 48.7 Å². The lowest BCUT2D eigenvalue weighted by atomic mass is 9.95. The highest BCUT2D eigenvalue weighted by molar-refractivity contribution is 7.22. The van der Waals surface area contributed by atoms with Gasteiger partial charge in [-0.05, 0) is 61.0 Å². The Bertz CT molecular complexity index is 1630. The third-order valence-electron chi connectivity index (χ3n) is 6.56. The molecular weight excluding hydrogens is 520 g/mol. The molecule has 0 spiro atoms. The van der Waals surface area contributed by atoms with Crippen LogP contribution in [0.2, 0.25) is 0 Å². The molecule has 1 fully saturated rings. The van der Waals surface area contributed by atoms with E-state index >= 15 is 0 Å². The summed E-state index contributed by atoms with van der Waals surface area (Å²) < 4.78 is 22.9. The molecule has 6 rings (SSSR count). The van der Waals surface area contributed by atoms with Crippen molar-refractivity contribution < 1.29 is 33.6 Å². The van der Waals surface area contributed by atoms with E-state index in [4.69, 9.17) is 18.9 Å². The summed E-state index contributed by atoms with van der Waals surface area (Å²) in [4.78, 5) is 33.1. The molecule has 2 aliphatic rings. The lowest BCUT2D eigenvalue weighted by Gasteiger charge is -2.23. The van der Waals surface area contributed by atoms with Gasteiger partial charge in [0.1, 0.15) is 30.5 Å². The Morgan fingerprint density at radius 3 is 2.51 bits per heavy atom. The number of nitrogens with zero attached hydrogens (tertiary/aromatic N) is 2. The van der Waals surface area contributed by atoms with Crippen LogP contribution in [0.4, 0.5) is 5.13 Å². The third kappa shape index (κ3) is 4.32. The van der Waals surface area contributed by atoms with E-state index in [1.54, 1.807) is 61.7 Å². The van der Waals surface area contributed by atoms with E-state index in [0.29, 0.717) is 64.6 Å². The molecule has 0 aliphatic carbocycles. The van der Waals surface area contributed by atoms with Gasteiger partial charge in [-0.1, -0.05) is 23.5 Å². The van der Waals surface area contributed by atoms with Gasteiger partial charge in [0, 0.05) is 5.56 Å². The van der Waals surface area contributed by atoms with Crippen LogP contribution in [0.5, 0.6) is 23.0 Å². The number of hydrogen-bond donors (Lipinski definition) is 1. The molecule has 0 bridgehead atoms. The highest BCUT2D eigenvalue weighted by atomic mass is 32.1. The van der Waals surface area contributed by atoms with E-state index in [1.165, 1.54) is 16.2 Å². The average molecular weight is 545 g/mol. The zero-order chi connectivity index (χ0) is 27.1. The van der Waals surface area contributed by atoms with Gasteiger partial charge < -0.3 is 24.1 Å². The van der Waals surface area contributed by atoms with Crippen LogP contribution in [0.3, 0.4) is 0 Å². The molecule has 2 aliphatic heterocycles. The van der Waals surface area contributed by atoms with Gasteiger partial charge in [0.25, 0.3) is 5.78 Å². The van der Waals surface area contributed by atoms with Crippen LogP contribution < -0.4 is 23.8 Å². The van der Waals surface area contributed by atoms with Crippen molar-refractivity contribution >= 4 is 44.1 Å². The molecule has 9 nitrogen and oxygen atoms in total. The molecule has 1 amide bonds. The van der Waals surface area contributed by atoms with Crippen LogP contribution in [-0.2, 0) is 9.59 Å². The maximum atomic E-state index is 13.5. The van der Waals surface area contributed by atoms with Gasteiger partial charge >= 0.3 is 5.91 Å². The Kier molecular flexibility index (Phi) is 6.32. The second-order valence-electron chi connectivity index (χ2n) is 8.86. The Balaban J connectivity index is 1.51. The number of anilines is 1. The van der Waals surface area contributed by atoms with Crippen molar-refractivity contribution in [2.75, 3.05) is 31.8 Å². The number of benzene rings is 3. The van der Waals surface area contributed by atoms with Gasteiger partial charge in [-0.3, -0.25) is 14.5 Å². The highest BCUT2D eigenvalue weighted by Gasteiger charge is 2.48. The van der Waals surface area contributed by atoms with Crippen molar-refractivity contribution in [1.29, 1.82) is 0 Å². The summed E-state index contributed by atoms with van der Waals surface area (Å²) in [5, 5.41) is 11.8. The summed E-state index contributed by atoms with van der Waals surface area (Å²) >= 11 is 1.26. The summed E-state index contributed by atoms with van der Waals surface area (Å²) in [5.74, 6) is 0.411. The second kappa shape index (κ2) is 9.95. The summed E-state index contributed by atoms with van der Waals surface area (Å²) in [5.41, 5.74) is 1.57. The molecule has 198 valence electrons. The van der Waals surface area contributed by atoms with Gasteiger partial charge in [-0.2, -0.15) is 0 Å². The highest BCUT2D eigenvalue weighted by Crippen LogP contribution is 2.45. The molecule has 3 heterocycles. The van der Waals surface area contributed by atoms with Crippen molar-refractivity contribution in [2.45, 2.75) is 13.0 Å². The fourth-order valence-electron chi connectivity index (χ4n) is 4.73. The first-order valence-electron chi connectivity index (χ1n) is 12.4. The van der Waals surface area contributed by atoms with Crippen LogP contribution in [0.1, 0.15) is 24.1 Å². The van der Waals surface area contributed by atoms with Crippen LogP contribution in [0.25, 0.3) is 16.0 Å². The van der Waals surface area contributed by atoms with Crippen molar-refractivity contribution in [3.8, 4) is 23.0 Å². The maximum absolute atomic E-state index is 13.5. The molecule has 1 saturated heterocycles. The van der Waals surface area contributed by atoms with Crippen LogP contribution in [0, 0.1) is 0 Å². The summed E-state index contributed by atoms with van der Waals surface area (Å²) in [6.45, 7) is 3.18. The molecule has 0 radical (unpaired) electrons. The van der Waals surface area contributed by atoms with Crippen LogP contribution in [0.15, 0.2) is 66.2 Å². The summed E-state index contributed by atoms with van der Waals surface area (Å²) in [6, 6.07) is 16.5. The monoisotopic (exact) mass is 544 g/mol. The topological polar surface area (TPSA) is 107 Å². The van der Waals surface area contributed by atoms with E-state index in [9.17, 15) is 14.7 Å². The first kappa shape index (κ1) is 24.7. The lowest BCUT2D eigenvalue weighted by molar-refractivity contribution is -0.132. The molecule has 3 aromatic carbocycles. The molecule has 4 aromatic rings. The van der Waals surface area contributed by atoms with Gasteiger partial charge in [0.15, 0.2) is 16.6 Å². The summed E-state index contributed by atoms with van der Waals surface area (Å²) in [7, 11) is 1.57. The Morgan fingerprint density at radius 2 is 1.77 bits per heavy atom. The number of thiazole rings is 1. The summed E-state index contributed by atoms with van der Waals surface area (Å²) in [6.07, 6.45) is 0. The number of ketones is 1. The fraction of sp³-hybridized carbons (Fsp3) is 0.207. The molecule has 39 heavy (non-hydrogen) atoms. The Morgan fingerprint density at radius 1 is 1.03 bits per heavy atom. The third-order valence-corrected chi connectivity index (χ3v) is 7.57. The van der Waals surface area contributed by atoms with E-state index in [1.807, 2.05) is 13.0 Å². The molecule has 10 heteroatoms. The first-order chi connectivity index (χ1) is 19.0. The molecule has 1 atom stereocenters. The minimum absolute atomic E-state index is 0.0438. The predicted molar refractivity (Wildman–Crippen MR) is 146 cm³/mol. The number of aliphatic hydroxyl groups excluding tert-OH is 1. The molecule has 1 N–H and O–H groups in total. The molecular formula is C29H24N2O7S. The van der Waals surface area contributed by atoms with Gasteiger partial charge in [0.2, 0.25) is 0 Å². The maximum Gasteiger partial charge on any atom is 0.301 e. The average Bonchev–Trinajstić information content (AvgIpc) is 3.50. The van der Waals surface area contributed by atoms with Crippen LogP contribution >= 0.6 is 11.3 Å². The number of aliphatic hydroxyl groups is 1.